The number of fused-ring (bicyclic) bond motifs is 1. The monoisotopic (exact) mass is 375 g/mol. The number of aliphatic hydroxyl groups excluding tert-OH is 1. The van der Waals surface area contributed by atoms with E-state index in [0.717, 1.165) is 5.69 Å². The van der Waals surface area contributed by atoms with Crippen LogP contribution in [-0.4, -0.2) is 42.7 Å². The molecule has 0 spiro atoms. The van der Waals surface area contributed by atoms with Crippen molar-refractivity contribution < 1.29 is 5.11 Å². The summed E-state index contributed by atoms with van der Waals surface area (Å²) < 4.78 is 1.71. The van der Waals surface area contributed by atoms with Gasteiger partial charge < -0.3 is 15.7 Å². The molecule has 0 unspecified atom stereocenters. The summed E-state index contributed by atoms with van der Waals surface area (Å²) in [5.41, 5.74) is 2.04. The molecule has 0 bridgehead atoms. The Balaban J connectivity index is 2.02. The lowest BCUT2D eigenvalue weighted by Crippen LogP contribution is -2.30. The summed E-state index contributed by atoms with van der Waals surface area (Å²) in [6.07, 6.45) is 0. The minimum absolute atomic E-state index is 0.00962. The third-order valence-corrected chi connectivity index (χ3v) is 4.34. The molecule has 26 heavy (non-hydrogen) atoms. The van der Waals surface area contributed by atoms with E-state index in [0.29, 0.717) is 34.5 Å². The van der Waals surface area contributed by atoms with Crippen LogP contribution in [0.1, 0.15) is 20.8 Å². The third kappa shape index (κ3) is 3.86. The molecular formula is C17H22ClN7O. The fourth-order valence-corrected chi connectivity index (χ4v) is 2.61. The maximum atomic E-state index is 9.59. The maximum absolute atomic E-state index is 9.59. The van der Waals surface area contributed by atoms with Gasteiger partial charge in [-0.05, 0) is 37.1 Å². The van der Waals surface area contributed by atoms with Crippen molar-refractivity contribution in [3.8, 4) is 0 Å². The maximum Gasteiger partial charge on any atom is 0.227 e. The fraction of sp³-hybridized carbons (Fsp3) is 0.412. The van der Waals surface area contributed by atoms with E-state index in [-0.39, 0.29) is 18.6 Å². The van der Waals surface area contributed by atoms with Crippen LogP contribution in [-0.2, 0) is 6.54 Å². The summed E-state index contributed by atoms with van der Waals surface area (Å²) in [7, 11) is 0. The Morgan fingerprint density at radius 1 is 1.19 bits per heavy atom. The van der Waals surface area contributed by atoms with Crippen LogP contribution in [0.4, 0.5) is 17.5 Å². The quantitative estimate of drug-likeness (QED) is 0.583. The largest absolute Gasteiger partial charge is 0.394 e. The van der Waals surface area contributed by atoms with Crippen LogP contribution in [0, 0.1) is 5.92 Å². The van der Waals surface area contributed by atoms with E-state index in [1.165, 1.54) is 0 Å². The Morgan fingerprint density at radius 2 is 1.92 bits per heavy atom. The van der Waals surface area contributed by atoms with Crippen molar-refractivity contribution in [2.24, 2.45) is 5.92 Å². The molecular weight excluding hydrogens is 354 g/mol. The van der Waals surface area contributed by atoms with Gasteiger partial charge in [-0.2, -0.15) is 9.97 Å². The van der Waals surface area contributed by atoms with Crippen molar-refractivity contribution in [3.63, 3.8) is 0 Å². The molecule has 1 atom stereocenters. The van der Waals surface area contributed by atoms with Crippen molar-refractivity contribution >= 4 is 40.2 Å². The first kappa shape index (κ1) is 18.3. The SMILES string of the molecule is CCn1nnc2c(Nc3ccc(Cl)cc3)nc(N[C@@H](CO)C(C)C)nc21. The van der Waals surface area contributed by atoms with Crippen LogP contribution in [0.2, 0.25) is 5.02 Å². The molecule has 138 valence electrons. The van der Waals surface area contributed by atoms with E-state index in [9.17, 15) is 5.11 Å². The Bertz CT molecular complexity index is 879. The van der Waals surface area contributed by atoms with Gasteiger partial charge >= 0.3 is 0 Å². The van der Waals surface area contributed by atoms with E-state index in [1.54, 1.807) is 16.8 Å². The lowest BCUT2D eigenvalue weighted by atomic mass is 10.1. The zero-order valence-corrected chi connectivity index (χ0v) is 15.7. The molecule has 3 N–H and O–H groups in total. The van der Waals surface area contributed by atoms with Crippen molar-refractivity contribution in [3.05, 3.63) is 29.3 Å². The summed E-state index contributed by atoms with van der Waals surface area (Å²) in [5, 5.41) is 25.0. The Morgan fingerprint density at radius 3 is 2.54 bits per heavy atom. The summed E-state index contributed by atoms with van der Waals surface area (Å²) in [5.74, 6) is 1.18. The van der Waals surface area contributed by atoms with Crippen LogP contribution in [0.25, 0.3) is 11.2 Å². The number of hydrogen-bond acceptors (Lipinski definition) is 7. The number of halogens is 1. The van der Waals surface area contributed by atoms with Crippen molar-refractivity contribution in [1.82, 2.24) is 25.0 Å². The van der Waals surface area contributed by atoms with Gasteiger partial charge in [-0.25, -0.2) is 4.68 Å². The molecule has 0 saturated carbocycles. The molecule has 0 aliphatic heterocycles. The highest BCUT2D eigenvalue weighted by molar-refractivity contribution is 6.30. The molecule has 2 heterocycles. The van der Waals surface area contributed by atoms with Crippen molar-refractivity contribution in [1.29, 1.82) is 0 Å². The predicted octanol–water partition coefficient (Wildman–Crippen LogP) is 3.07. The van der Waals surface area contributed by atoms with E-state index < -0.39 is 0 Å². The molecule has 3 aromatic rings. The summed E-state index contributed by atoms with van der Waals surface area (Å²) in [6, 6.07) is 7.16. The molecule has 0 saturated heterocycles. The molecule has 0 aliphatic carbocycles. The third-order valence-electron chi connectivity index (χ3n) is 4.09. The number of hydrogen-bond donors (Lipinski definition) is 3. The zero-order chi connectivity index (χ0) is 18.7. The van der Waals surface area contributed by atoms with Gasteiger partial charge in [-0.1, -0.05) is 30.7 Å². The van der Waals surface area contributed by atoms with E-state index in [2.05, 4.69) is 30.9 Å². The van der Waals surface area contributed by atoms with Crippen LogP contribution in [0.5, 0.6) is 0 Å². The van der Waals surface area contributed by atoms with Crippen molar-refractivity contribution in [2.45, 2.75) is 33.4 Å². The van der Waals surface area contributed by atoms with E-state index in [4.69, 9.17) is 11.6 Å². The van der Waals surface area contributed by atoms with Gasteiger partial charge in [0.2, 0.25) is 5.95 Å². The lowest BCUT2D eigenvalue weighted by Gasteiger charge is -2.20. The first-order valence-corrected chi connectivity index (χ1v) is 8.90. The molecule has 0 radical (unpaired) electrons. The average Bonchev–Trinajstić information content (AvgIpc) is 3.04. The highest BCUT2D eigenvalue weighted by atomic mass is 35.5. The number of nitrogens with zero attached hydrogens (tertiary/aromatic N) is 5. The van der Waals surface area contributed by atoms with Crippen molar-refractivity contribution in [2.75, 3.05) is 17.2 Å². The van der Waals surface area contributed by atoms with E-state index in [1.807, 2.05) is 32.9 Å². The Kier molecular flexibility index (Phi) is 5.53. The number of anilines is 3. The van der Waals surface area contributed by atoms with Gasteiger partial charge in [0.05, 0.1) is 12.6 Å². The smallest absolute Gasteiger partial charge is 0.227 e. The lowest BCUT2D eigenvalue weighted by molar-refractivity contribution is 0.248. The summed E-state index contributed by atoms with van der Waals surface area (Å²) in [6.45, 7) is 6.65. The van der Waals surface area contributed by atoms with Crippen LogP contribution >= 0.6 is 11.6 Å². The number of rotatable bonds is 7. The first-order chi connectivity index (χ1) is 12.5. The molecule has 0 aliphatic rings. The van der Waals surface area contributed by atoms with E-state index >= 15 is 0 Å². The number of nitrogens with one attached hydrogen (secondary N) is 2. The van der Waals surface area contributed by atoms with Gasteiger partial charge in [0, 0.05) is 17.3 Å². The molecule has 2 aromatic heterocycles. The first-order valence-electron chi connectivity index (χ1n) is 8.53. The molecule has 0 amide bonds. The molecule has 8 nitrogen and oxygen atoms in total. The fourth-order valence-electron chi connectivity index (χ4n) is 2.48. The zero-order valence-electron chi connectivity index (χ0n) is 14.9. The van der Waals surface area contributed by atoms with Gasteiger partial charge in [0.15, 0.2) is 17.0 Å². The van der Waals surface area contributed by atoms with Gasteiger partial charge in [0.25, 0.3) is 0 Å². The molecule has 3 rings (SSSR count). The second-order valence-electron chi connectivity index (χ2n) is 6.28. The standard InChI is InChI=1S/C17H22ClN7O/c1-4-25-16-14(23-24-25)15(19-12-7-5-11(18)6-8-12)21-17(22-16)20-13(9-26)10(2)3/h5-8,10,13,26H,4,9H2,1-3H3,(H2,19,20,21,22)/t13-/m0/s1. The summed E-state index contributed by atoms with van der Waals surface area (Å²) in [4.78, 5) is 9.08. The minimum Gasteiger partial charge on any atom is -0.394 e. The second kappa shape index (κ2) is 7.84. The number of aryl methyl sites for hydroxylation is 1. The normalized spacial score (nSPS) is 12.5. The second-order valence-corrected chi connectivity index (χ2v) is 6.72. The van der Waals surface area contributed by atoms with Crippen LogP contribution in [0.3, 0.4) is 0 Å². The van der Waals surface area contributed by atoms with Gasteiger partial charge in [-0.3, -0.25) is 0 Å². The van der Waals surface area contributed by atoms with Crippen LogP contribution < -0.4 is 10.6 Å². The minimum atomic E-state index is -0.151. The number of aliphatic hydroxyl groups is 1. The molecule has 1 aromatic carbocycles. The highest BCUT2D eigenvalue weighted by Crippen LogP contribution is 2.25. The van der Waals surface area contributed by atoms with Gasteiger partial charge in [0.1, 0.15) is 0 Å². The van der Waals surface area contributed by atoms with Crippen LogP contribution in [0.15, 0.2) is 24.3 Å². The Hall–Kier alpha value is -2.45. The molecule has 9 heteroatoms. The number of benzene rings is 1. The highest BCUT2D eigenvalue weighted by Gasteiger charge is 2.18. The average molecular weight is 376 g/mol. The molecule has 0 fully saturated rings. The predicted molar refractivity (Wildman–Crippen MR) is 103 cm³/mol. The van der Waals surface area contributed by atoms with Gasteiger partial charge in [-0.15, -0.1) is 5.10 Å². The Labute approximate surface area is 156 Å². The topological polar surface area (TPSA) is 101 Å². The number of aromatic nitrogens is 5. The summed E-state index contributed by atoms with van der Waals surface area (Å²) >= 11 is 5.95.